The fourth-order valence-corrected chi connectivity index (χ4v) is 4.15. The Bertz CT molecular complexity index is 990. The molecular weight excluding hydrogens is 419 g/mol. The third-order valence-electron chi connectivity index (χ3n) is 4.77. The number of amides is 1. The molecule has 0 atom stereocenters. The fraction of sp³-hybridized carbons (Fsp3) is 0.318. The van der Waals surface area contributed by atoms with Gasteiger partial charge in [0.1, 0.15) is 5.82 Å². The highest BCUT2D eigenvalue weighted by atomic mass is 32.2. The fourth-order valence-electron chi connectivity index (χ4n) is 3.25. The minimum absolute atomic E-state index is 0.127. The Labute approximate surface area is 184 Å². The van der Waals surface area contributed by atoms with Gasteiger partial charge < -0.3 is 19.7 Å². The molecule has 3 aromatic rings. The number of nitrogens with zero attached hydrogens (tertiary/aromatic N) is 4. The van der Waals surface area contributed by atoms with Gasteiger partial charge in [-0.3, -0.25) is 9.78 Å². The highest BCUT2D eigenvalue weighted by molar-refractivity contribution is 7.99. The number of benzene rings is 1. The van der Waals surface area contributed by atoms with Gasteiger partial charge in [-0.2, -0.15) is 0 Å². The zero-order valence-corrected chi connectivity index (χ0v) is 18.1. The smallest absolute Gasteiger partial charge is 0.223 e. The molecule has 0 fully saturated rings. The van der Waals surface area contributed by atoms with Crippen molar-refractivity contribution in [1.82, 2.24) is 19.4 Å². The lowest BCUT2D eigenvalue weighted by molar-refractivity contribution is -0.131. The highest BCUT2D eigenvalue weighted by Crippen LogP contribution is 2.35. The van der Waals surface area contributed by atoms with Gasteiger partial charge in [-0.25, -0.2) is 9.37 Å². The first-order valence-corrected chi connectivity index (χ1v) is 10.9. The summed E-state index contributed by atoms with van der Waals surface area (Å²) in [5, 5.41) is 18.9. The zero-order chi connectivity index (χ0) is 22.2. The predicted molar refractivity (Wildman–Crippen MR) is 118 cm³/mol. The predicted octanol–water partition coefficient (Wildman–Crippen LogP) is 2.58. The van der Waals surface area contributed by atoms with Crippen LogP contribution in [-0.4, -0.2) is 67.6 Å². The van der Waals surface area contributed by atoms with E-state index in [2.05, 4.69) is 4.98 Å². The van der Waals surface area contributed by atoms with Crippen LogP contribution in [0.5, 0.6) is 0 Å². The molecule has 2 N–H and O–H groups in total. The van der Waals surface area contributed by atoms with E-state index in [1.165, 1.54) is 28.8 Å². The first-order chi connectivity index (χ1) is 15.0. The Kier molecular flexibility index (Phi) is 8.16. The Morgan fingerprint density at radius 2 is 1.71 bits per heavy atom. The van der Waals surface area contributed by atoms with Crippen molar-refractivity contribution in [3.8, 4) is 22.5 Å². The molecule has 1 aromatic carbocycles. The topological polar surface area (TPSA) is 91.5 Å². The number of carbonyl (C=O) groups excluding carboxylic acids is 1. The van der Waals surface area contributed by atoms with Crippen molar-refractivity contribution in [2.45, 2.75) is 11.6 Å². The molecule has 164 valence electrons. The maximum atomic E-state index is 13.4. The van der Waals surface area contributed by atoms with Crippen LogP contribution in [0.25, 0.3) is 22.5 Å². The van der Waals surface area contributed by atoms with Gasteiger partial charge in [0.25, 0.3) is 0 Å². The Hall–Kier alpha value is -2.75. The second-order valence-electron chi connectivity index (χ2n) is 6.82. The van der Waals surface area contributed by atoms with Crippen LogP contribution in [0.1, 0.15) is 6.42 Å². The molecule has 0 aliphatic rings. The Balaban J connectivity index is 1.83. The molecule has 0 bridgehead atoms. The highest BCUT2D eigenvalue weighted by Gasteiger charge is 2.19. The third-order valence-corrected chi connectivity index (χ3v) is 5.80. The summed E-state index contributed by atoms with van der Waals surface area (Å²) in [6.07, 6.45) is 3.67. The van der Waals surface area contributed by atoms with Crippen LogP contribution in [0.4, 0.5) is 4.39 Å². The quantitative estimate of drug-likeness (QED) is 0.467. The molecule has 31 heavy (non-hydrogen) atoms. The van der Waals surface area contributed by atoms with Gasteiger partial charge in [0, 0.05) is 55.8 Å². The average Bonchev–Trinajstić information content (AvgIpc) is 3.10. The largest absolute Gasteiger partial charge is 0.395 e. The number of hydrogen-bond donors (Lipinski definition) is 2. The van der Waals surface area contributed by atoms with E-state index in [4.69, 9.17) is 15.2 Å². The standard InChI is InChI=1S/C22H25FN4O3S/c1-26-21(17-6-9-24-10-7-17)20(16-2-4-18(23)5-3-16)25-22(26)31-15-8-19(30)27(11-13-28)12-14-29/h2-7,9-10,28-29H,8,11-15H2,1H3. The van der Waals surface area contributed by atoms with Crippen LogP contribution in [0.2, 0.25) is 0 Å². The number of hydrogen-bond acceptors (Lipinski definition) is 6. The summed E-state index contributed by atoms with van der Waals surface area (Å²) >= 11 is 1.45. The molecule has 0 spiro atoms. The van der Waals surface area contributed by atoms with Crippen LogP contribution in [0.15, 0.2) is 53.9 Å². The summed E-state index contributed by atoms with van der Waals surface area (Å²) < 4.78 is 15.4. The summed E-state index contributed by atoms with van der Waals surface area (Å²) in [6, 6.07) is 9.99. The van der Waals surface area contributed by atoms with E-state index in [9.17, 15) is 9.18 Å². The molecule has 9 heteroatoms. The van der Waals surface area contributed by atoms with E-state index in [1.54, 1.807) is 24.5 Å². The monoisotopic (exact) mass is 444 g/mol. The van der Waals surface area contributed by atoms with Crippen molar-refractivity contribution in [2.24, 2.45) is 7.05 Å². The molecule has 2 heterocycles. The van der Waals surface area contributed by atoms with Gasteiger partial charge in [0.15, 0.2) is 5.16 Å². The Morgan fingerprint density at radius 3 is 2.32 bits per heavy atom. The van der Waals surface area contributed by atoms with E-state index in [0.717, 1.165) is 27.7 Å². The second kappa shape index (κ2) is 11.0. The number of thioether (sulfide) groups is 1. The molecule has 0 unspecified atom stereocenters. The van der Waals surface area contributed by atoms with Crippen molar-refractivity contribution < 1.29 is 19.4 Å². The summed E-state index contributed by atoms with van der Waals surface area (Å²) in [6.45, 7) is 0.115. The molecule has 2 aromatic heterocycles. The number of imidazole rings is 1. The first kappa shape index (κ1) is 22.9. The number of carbonyl (C=O) groups is 1. The number of aliphatic hydroxyl groups excluding tert-OH is 2. The van der Waals surface area contributed by atoms with Gasteiger partial charge in [0.05, 0.1) is 24.6 Å². The van der Waals surface area contributed by atoms with Crippen LogP contribution in [0, 0.1) is 5.82 Å². The molecule has 0 saturated carbocycles. The number of aromatic nitrogens is 3. The van der Waals surface area contributed by atoms with Crippen molar-refractivity contribution in [3.05, 3.63) is 54.6 Å². The number of halogens is 1. The number of rotatable bonds is 10. The van der Waals surface area contributed by atoms with E-state index in [-0.39, 0.29) is 44.4 Å². The van der Waals surface area contributed by atoms with Crippen LogP contribution in [-0.2, 0) is 11.8 Å². The van der Waals surface area contributed by atoms with E-state index < -0.39 is 0 Å². The van der Waals surface area contributed by atoms with Crippen LogP contribution < -0.4 is 0 Å². The summed E-state index contributed by atoms with van der Waals surface area (Å²) in [4.78, 5) is 22.7. The maximum absolute atomic E-state index is 13.4. The maximum Gasteiger partial charge on any atom is 0.223 e. The zero-order valence-electron chi connectivity index (χ0n) is 17.2. The lowest BCUT2D eigenvalue weighted by Crippen LogP contribution is -2.36. The summed E-state index contributed by atoms with van der Waals surface area (Å²) in [5.74, 6) is 0.0573. The van der Waals surface area contributed by atoms with Crippen molar-refractivity contribution in [3.63, 3.8) is 0 Å². The number of pyridine rings is 1. The van der Waals surface area contributed by atoms with E-state index in [0.29, 0.717) is 5.75 Å². The number of aliphatic hydroxyl groups is 2. The molecule has 7 nitrogen and oxygen atoms in total. The van der Waals surface area contributed by atoms with Gasteiger partial charge in [-0.05, 0) is 36.4 Å². The average molecular weight is 445 g/mol. The lowest BCUT2D eigenvalue weighted by atomic mass is 10.1. The second-order valence-corrected chi connectivity index (χ2v) is 7.88. The summed E-state index contributed by atoms with van der Waals surface area (Å²) in [7, 11) is 1.91. The van der Waals surface area contributed by atoms with Gasteiger partial charge in [0.2, 0.25) is 5.91 Å². The van der Waals surface area contributed by atoms with E-state index >= 15 is 0 Å². The van der Waals surface area contributed by atoms with Crippen molar-refractivity contribution >= 4 is 17.7 Å². The van der Waals surface area contributed by atoms with E-state index in [1.807, 2.05) is 23.7 Å². The minimum Gasteiger partial charge on any atom is -0.395 e. The normalized spacial score (nSPS) is 11.0. The van der Waals surface area contributed by atoms with Gasteiger partial charge >= 0.3 is 0 Å². The SMILES string of the molecule is Cn1c(SCCC(=O)N(CCO)CCO)nc(-c2ccc(F)cc2)c1-c1ccncc1. The van der Waals surface area contributed by atoms with Crippen molar-refractivity contribution in [1.29, 1.82) is 0 Å². The molecular formula is C22H25FN4O3S. The van der Waals surface area contributed by atoms with Crippen LogP contribution in [0.3, 0.4) is 0 Å². The lowest BCUT2D eigenvalue weighted by Gasteiger charge is -2.20. The molecule has 0 radical (unpaired) electrons. The molecule has 1 amide bonds. The summed E-state index contributed by atoms with van der Waals surface area (Å²) in [5.41, 5.74) is 3.34. The molecule has 0 aliphatic heterocycles. The Morgan fingerprint density at radius 1 is 1.06 bits per heavy atom. The van der Waals surface area contributed by atoms with Crippen molar-refractivity contribution in [2.75, 3.05) is 32.1 Å². The molecule has 0 aliphatic carbocycles. The minimum atomic E-state index is -0.312. The third kappa shape index (κ3) is 5.69. The molecule has 0 saturated heterocycles. The van der Waals surface area contributed by atoms with Crippen LogP contribution >= 0.6 is 11.8 Å². The van der Waals surface area contributed by atoms with Gasteiger partial charge in [-0.1, -0.05) is 11.8 Å². The first-order valence-electron chi connectivity index (χ1n) is 9.90. The van der Waals surface area contributed by atoms with Gasteiger partial charge in [-0.15, -0.1) is 0 Å². The molecule has 3 rings (SSSR count).